The number of carbonyl (C=O) groups excluding carboxylic acids is 1. The number of nitrogens with two attached hydrogens (primary N) is 1. The van der Waals surface area contributed by atoms with E-state index in [1.54, 1.807) is 7.11 Å². The van der Waals surface area contributed by atoms with E-state index < -0.39 is 5.91 Å². The van der Waals surface area contributed by atoms with Gasteiger partial charge in [0.1, 0.15) is 5.82 Å². The average molecular weight is 321 g/mol. The molecule has 1 heterocycles. The van der Waals surface area contributed by atoms with E-state index in [9.17, 15) is 4.79 Å². The van der Waals surface area contributed by atoms with Crippen LogP contribution >= 0.6 is 0 Å². The third-order valence-corrected chi connectivity index (χ3v) is 3.89. The highest BCUT2D eigenvalue weighted by atomic mass is 16.5. The van der Waals surface area contributed by atoms with E-state index in [0.29, 0.717) is 29.5 Å². The molecule has 2 rings (SSSR count). The summed E-state index contributed by atoms with van der Waals surface area (Å²) in [5.41, 5.74) is 5.47. The quantitative estimate of drug-likeness (QED) is 0.768. The molecule has 4 N–H and O–H groups in total. The third-order valence-electron chi connectivity index (χ3n) is 3.89. The van der Waals surface area contributed by atoms with Gasteiger partial charge in [-0.2, -0.15) is 4.98 Å². The molecule has 1 aromatic rings. The Hall–Kier alpha value is -1.89. The van der Waals surface area contributed by atoms with E-state index in [-0.39, 0.29) is 5.54 Å². The van der Waals surface area contributed by atoms with Gasteiger partial charge in [-0.3, -0.25) is 4.79 Å². The Morgan fingerprint density at radius 1 is 1.30 bits per heavy atom. The Labute approximate surface area is 137 Å². The zero-order chi connectivity index (χ0) is 17.0. The molecular formula is C16H27N5O2. The number of nitrogens with zero attached hydrogens (tertiary/aromatic N) is 2. The number of aromatic nitrogens is 2. The number of ether oxygens (including phenoxy) is 1. The predicted molar refractivity (Wildman–Crippen MR) is 90.6 cm³/mol. The molecule has 128 valence electrons. The molecule has 7 nitrogen and oxygen atoms in total. The van der Waals surface area contributed by atoms with Gasteiger partial charge in [-0.05, 0) is 46.5 Å². The topological polar surface area (TPSA) is 102 Å². The summed E-state index contributed by atoms with van der Waals surface area (Å²) in [5, 5.41) is 6.56. The lowest BCUT2D eigenvalue weighted by molar-refractivity contribution is 0.0681. The number of hydrogen-bond donors (Lipinski definition) is 3. The van der Waals surface area contributed by atoms with Crippen LogP contribution in [0.15, 0.2) is 6.20 Å². The molecule has 1 aromatic heterocycles. The number of anilines is 2. The maximum absolute atomic E-state index is 11.5. The number of hydrogen-bond acceptors (Lipinski definition) is 6. The summed E-state index contributed by atoms with van der Waals surface area (Å²) in [6.07, 6.45) is 5.92. The monoisotopic (exact) mass is 321 g/mol. The van der Waals surface area contributed by atoms with E-state index in [0.717, 1.165) is 25.7 Å². The molecule has 0 aliphatic heterocycles. The van der Waals surface area contributed by atoms with Crippen molar-refractivity contribution in [1.82, 2.24) is 9.97 Å². The number of amides is 1. The third kappa shape index (κ3) is 5.06. The molecule has 1 saturated carbocycles. The van der Waals surface area contributed by atoms with Gasteiger partial charge in [0.15, 0.2) is 0 Å². The van der Waals surface area contributed by atoms with Gasteiger partial charge in [0.2, 0.25) is 5.95 Å². The van der Waals surface area contributed by atoms with Crippen molar-refractivity contribution in [2.24, 2.45) is 5.73 Å². The summed E-state index contributed by atoms with van der Waals surface area (Å²) in [4.78, 5) is 20.2. The first-order valence-corrected chi connectivity index (χ1v) is 8.03. The molecule has 7 heteroatoms. The molecule has 23 heavy (non-hydrogen) atoms. The van der Waals surface area contributed by atoms with Crippen molar-refractivity contribution >= 4 is 17.7 Å². The maximum Gasteiger partial charge on any atom is 0.254 e. The lowest BCUT2D eigenvalue weighted by Gasteiger charge is -2.28. The second-order valence-corrected chi connectivity index (χ2v) is 7.05. The van der Waals surface area contributed by atoms with Gasteiger partial charge in [0, 0.05) is 24.9 Å². The molecule has 1 aliphatic carbocycles. The molecule has 0 radical (unpaired) electrons. The molecule has 0 aromatic carbocycles. The zero-order valence-corrected chi connectivity index (χ0v) is 14.3. The van der Waals surface area contributed by atoms with Crippen LogP contribution in [0.2, 0.25) is 0 Å². The SMILES string of the molecule is CO[C@H]1CC[C@H](Nc2ncc(C(N)=O)c(NC(C)(C)C)n2)CC1. The van der Waals surface area contributed by atoms with Gasteiger partial charge >= 0.3 is 0 Å². The minimum absolute atomic E-state index is 0.230. The molecule has 0 spiro atoms. The normalized spacial score (nSPS) is 21.7. The highest BCUT2D eigenvalue weighted by Gasteiger charge is 2.22. The Morgan fingerprint density at radius 2 is 1.96 bits per heavy atom. The van der Waals surface area contributed by atoms with Crippen LogP contribution in [0, 0.1) is 0 Å². The average Bonchev–Trinajstić information content (AvgIpc) is 2.46. The molecule has 1 fully saturated rings. The summed E-state index contributed by atoms with van der Waals surface area (Å²) in [6, 6.07) is 0.323. The molecule has 0 atom stereocenters. The van der Waals surface area contributed by atoms with E-state index >= 15 is 0 Å². The van der Waals surface area contributed by atoms with Crippen molar-refractivity contribution in [3.05, 3.63) is 11.8 Å². The van der Waals surface area contributed by atoms with E-state index in [4.69, 9.17) is 10.5 Å². The van der Waals surface area contributed by atoms with Crippen LogP contribution in [0.3, 0.4) is 0 Å². The first-order chi connectivity index (χ1) is 10.8. The van der Waals surface area contributed by atoms with Crippen LogP contribution < -0.4 is 16.4 Å². The number of rotatable bonds is 5. The second kappa shape index (κ2) is 7.12. The van der Waals surface area contributed by atoms with Crippen molar-refractivity contribution < 1.29 is 9.53 Å². The lowest BCUT2D eigenvalue weighted by Crippen LogP contribution is -2.31. The fourth-order valence-electron chi connectivity index (χ4n) is 2.71. The van der Waals surface area contributed by atoms with Crippen molar-refractivity contribution in [3.8, 4) is 0 Å². The number of carbonyl (C=O) groups is 1. The number of nitrogens with one attached hydrogen (secondary N) is 2. The lowest BCUT2D eigenvalue weighted by atomic mass is 9.93. The maximum atomic E-state index is 11.5. The highest BCUT2D eigenvalue weighted by Crippen LogP contribution is 2.24. The van der Waals surface area contributed by atoms with Gasteiger partial charge in [0.05, 0.1) is 11.7 Å². The van der Waals surface area contributed by atoms with E-state index in [2.05, 4.69) is 20.6 Å². The van der Waals surface area contributed by atoms with Crippen LogP contribution in [0.4, 0.5) is 11.8 Å². The molecule has 1 amide bonds. The fraction of sp³-hybridized carbons (Fsp3) is 0.688. The smallest absolute Gasteiger partial charge is 0.254 e. The Bertz CT molecular complexity index is 548. The number of methoxy groups -OCH3 is 1. The summed E-state index contributed by atoms with van der Waals surface area (Å²) < 4.78 is 5.39. The fourth-order valence-corrected chi connectivity index (χ4v) is 2.71. The van der Waals surface area contributed by atoms with Crippen LogP contribution in [-0.2, 0) is 4.74 Å². The first kappa shape index (κ1) is 17.5. The van der Waals surface area contributed by atoms with E-state index in [1.165, 1.54) is 6.20 Å². The molecular weight excluding hydrogens is 294 g/mol. The van der Waals surface area contributed by atoms with Gasteiger partial charge in [-0.15, -0.1) is 0 Å². The Balaban J connectivity index is 2.11. The summed E-state index contributed by atoms with van der Waals surface area (Å²) in [7, 11) is 1.76. The summed E-state index contributed by atoms with van der Waals surface area (Å²) >= 11 is 0. The van der Waals surface area contributed by atoms with Gasteiger partial charge in [0.25, 0.3) is 5.91 Å². The highest BCUT2D eigenvalue weighted by molar-refractivity contribution is 5.97. The summed E-state index contributed by atoms with van der Waals surface area (Å²) in [5.74, 6) is 0.444. The second-order valence-electron chi connectivity index (χ2n) is 7.05. The van der Waals surface area contributed by atoms with Crippen molar-refractivity contribution in [2.45, 2.75) is 64.1 Å². The van der Waals surface area contributed by atoms with Gasteiger partial charge in [-0.1, -0.05) is 0 Å². The van der Waals surface area contributed by atoms with Gasteiger partial charge in [-0.25, -0.2) is 4.98 Å². The van der Waals surface area contributed by atoms with Crippen LogP contribution in [0.5, 0.6) is 0 Å². The van der Waals surface area contributed by atoms with Crippen LogP contribution in [-0.4, -0.2) is 40.7 Å². The molecule has 0 saturated heterocycles. The minimum atomic E-state index is -0.538. The van der Waals surface area contributed by atoms with E-state index in [1.807, 2.05) is 20.8 Å². The van der Waals surface area contributed by atoms with Crippen molar-refractivity contribution in [1.29, 1.82) is 0 Å². The number of primary amides is 1. The van der Waals surface area contributed by atoms with Gasteiger partial charge < -0.3 is 21.1 Å². The Kier molecular flexibility index (Phi) is 5.41. The molecule has 1 aliphatic rings. The minimum Gasteiger partial charge on any atom is -0.381 e. The van der Waals surface area contributed by atoms with Crippen LogP contribution in [0.25, 0.3) is 0 Å². The molecule has 0 bridgehead atoms. The standard InChI is InChI=1S/C16H27N5O2/c1-16(2,3)21-14-12(13(17)22)9-18-15(20-14)19-10-5-7-11(23-4)8-6-10/h9-11H,5-8H2,1-4H3,(H2,17,22)(H2,18,19,20,21)/t10-,11-. The van der Waals surface area contributed by atoms with Crippen molar-refractivity contribution in [2.75, 3.05) is 17.7 Å². The first-order valence-electron chi connectivity index (χ1n) is 8.03. The Morgan fingerprint density at radius 3 is 2.48 bits per heavy atom. The molecule has 0 unspecified atom stereocenters. The largest absolute Gasteiger partial charge is 0.381 e. The zero-order valence-electron chi connectivity index (χ0n) is 14.3. The predicted octanol–water partition coefficient (Wildman–Crippen LogP) is 2.16. The van der Waals surface area contributed by atoms with Crippen molar-refractivity contribution in [3.63, 3.8) is 0 Å². The van der Waals surface area contributed by atoms with Crippen LogP contribution in [0.1, 0.15) is 56.8 Å². The summed E-state index contributed by atoms with van der Waals surface area (Å²) in [6.45, 7) is 6.00.